The fraction of sp³-hybridized carbons (Fsp3) is 0.762. The van der Waals surface area contributed by atoms with E-state index in [0.29, 0.717) is 25.0 Å². The van der Waals surface area contributed by atoms with Crippen molar-refractivity contribution < 1.29 is 9.53 Å². The van der Waals surface area contributed by atoms with Crippen molar-refractivity contribution in [2.24, 2.45) is 10.9 Å². The first-order valence-corrected chi connectivity index (χ1v) is 10.5. The van der Waals surface area contributed by atoms with Crippen molar-refractivity contribution in [2.45, 2.75) is 85.5 Å². The van der Waals surface area contributed by atoms with Crippen molar-refractivity contribution in [2.75, 3.05) is 13.6 Å². The smallest absolute Gasteiger partial charge is 0.408 e. The Hall–Kier alpha value is -2.25. The van der Waals surface area contributed by atoms with Gasteiger partial charge in [-0.05, 0) is 39.5 Å². The van der Waals surface area contributed by atoms with Crippen LogP contribution in [-0.4, -0.2) is 46.3 Å². The SMILES string of the molecule is CCC(CC)(CNC(=NC)NCc1nccn1CC(C)C)NC(=O)OC(C)(C)C. The highest BCUT2D eigenvalue weighted by Gasteiger charge is 2.30. The molecular weight excluding hydrogens is 368 g/mol. The number of carbonyl (C=O) groups is 1. The number of ether oxygens (including phenoxy) is 1. The summed E-state index contributed by atoms with van der Waals surface area (Å²) in [7, 11) is 1.73. The number of amides is 1. The molecule has 0 aliphatic heterocycles. The van der Waals surface area contributed by atoms with E-state index in [1.807, 2.05) is 33.2 Å². The van der Waals surface area contributed by atoms with Gasteiger partial charge in [0.05, 0.1) is 12.1 Å². The Kier molecular flexibility index (Phi) is 9.46. The first-order chi connectivity index (χ1) is 13.5. The number of rotatable bonds is 9. The molecule has 0 aliphatic carbocycles. The molecule has 0 aliphatic rings. The van der Waals surface area contributed by atoms with Gasteiger partial charge >= 0.3 is 6.09 Å². The lowest BCUT2D eigenvalue weighted by Gasteiger charge is -2.34. The molecule has 3 N–H and O–H groups in total. The summed E-state index contributed by atoms with van der Waals surface area (Å²) in [6.07, 6.45) is 4.95. The van der Waals surface area contributed by atoms with Crippen LogP contribution in [0, 0.1) is 5.92 Å². The minimum absolute atomic E-state index is 0.401. The van der Waals surface area contributed by atoms with Gasteiger partial charge < -0.3 is 25.3 Å². The van der Waals surface area contributed by atoms with Crippen LogP contribution in [0.5, 0.6) is 0 Å². The largest absolute Gasteiger partial charge is 0.444 e. The standard InChI is InChI=1S/C21H40N6O2/c1-9-21(10-2,26-19(28)29-20(5,6)7)15-25-18(22-8)24-13-17-23-11-12-27(17)14-16(3)4/h11-12,16H,9-10,13-15H2,1-8H3,(H,26,28)(H2,22,24,25). The normalized spacial score (nSPS) is 12.8. The van der Waals surface area contributed by atoms with Gasteiger partial charge in [0.25, 0.3) is 0 Å². The molecule has 0 bridgehead atoms. The summed E-state index contributed by atoms with van der Waals surface area (Å²) in [6.45, 7) is 16.1. The van der Waals surface area contributed by atoms with Gasteiger partial charge in [0.2, 0.25) is 0 Å². The van der Waals surface area contributed by atoms with Crippen molar-refractivity contribution in [3.05, 3.63) is 18.2 Å². The van der Waals surface area contributed by atoms with Gasteiger partial charge in [-0.25, -0.2) is 9.78 Å². The van der Waals surface area contributed by atoms with Gasteiger partial charge in [-0.15, -0.1) is 0 Å². The van der Waals surface area contributed by atoms with E-state index in [4.69, 9.17) is 4.74 Å². The van der Waals surface area contributed by atoms with Crippen molar-refractivity contribution in [1.82, 2.24) is 25.5 Å². The molecule has 1 aromatic rings. The Labute approximate surface area is 175 Å². The Morgan fingerprint density at radius 2 is 1.90 bits per heavy atom. The average Bonchev–Trinajstić information content (AvgIpc) is 3.05. The number of imidazole rings is 1. The quantitative estimate of drug-likeness (QED) is 0.431. The average molecular weight is 409 g/mol. The third-order valence-electron chi connectivity index (χ3n) is 4.71. The predicted octanol–water partition coefficient (Wildman–Crippen LogP) is 3.29. The Bertz CT molecular complexity index is 656. The minimum Gasteiger partial charge on any atom is -0.444 e. The third kappa shape index (κ3) is 8.75. The Morgan fingerprint density at radius 1 is 1.24 bits per heavy atom. The molecule has 1 amide bonds. The number of carbonyl (C=O) groups excluding carboxylic acids is 1. The summed E-state index contributed by atoms with van der Waals surface area (Å²) in [5.74, 6) is 2.18. The zero-order valence-corrected chi connectivity index (χ0v) is 19.4. The predicted molar refractivity (Wildman–Crippen MR) is 118 cm³/mol. The topological polar surface area (TPSA) is 92.6 Å². The molecule has 0 saturated carbocycles. The molecule has 0 aromatic carbocycles. The molecule has 0 fully saturated rings. The molecule has 0 radical (unpaired) electrons. The van der Waals surface area contributed by atoms with E-state index in [2.05, 4.69) is 58.2 Å². The van der Waals surface area contributed by atoms with Gasteiger partial charge in [0, 0.05) is 32.5 Å². The molecule has 0 saturated heterocycles. The van der Waals surface area contributed by atoms with Gasteiger partial charge in [0.1, 0.15) is 11.4 Å². The highest BCUT2D eigenvalue weighted by atomic mass is 16.6. The molecule has 166 valence electrons. The summed E-state index contributed by atoms with van der Waals surface area (Å²) < 4.78 is 7.59. The van der Waals surface area contributed by atoms with Crippen LogP contribution in [0.3, 0.4) is 0 Å². The molecule has 1 rings (SSSR count). The van der Waals surface area contributed by atoms with E-state index in [-0.39, 0.29) is 0 Å². The van der Waals surface area contributed by atoms with E-state index >= 15 is 0 Å². The number of guanidine groups is 1. The monoisotopic (exact) mass is 408 g/mol. The summed E-state index contributed by atoms with van der Waals surface area (Å²) in [5, 5.41) is 9.69. The van der Waals surface area contributed by atoms with Crippen molar-refractivity contribution in [3.8, 4) is 0 Å². The maximum absolute atomic E-state index is 12.3. The zero-order chi connectivity index (χ0) is 22.1. The number of aliphatic imine (C=N–C) groups is 1. The van der Waals surface area contributed by atoms with Crippen LogP contribution < -0.4 is 16.0 Å². The van der Waals surface area contributed by atoms with Gasteiger partial charge in [0.15, 0.2) is 5.96 Å². The highest BCUT2D eigenvalue weighted by Crippen LogP contribution is 2.16. The summed E-state index contributed by atoms with van der Waals surface area (Å²) in [6, 6.07) is 0. The number of nitrogens with one attached hydrogen (secondary N) is 3. The van der Waals surface area contributed by atoms with Crippen LogP contribution in [0.1, 0.15) is 67.1 Å². The lowest BCUT2D eigenvalue weighted by molar-refractivity contribution is 0.0448. The third-order valence-corrected chi connectivity index (χ3v) is 4.71. The summed E-state index contributed by atoms with van der Waals surface area (Å²) in [4.78, 5) is 21.0. The van der Waals surface area contributed by atoms with E-state index in [0.717, 1.165) is 25.2 Å². The number of hydrogen-bond donors (Lipinski definition) is 3. The minimum atomic E-state index is -0.528. The van der Waals surface area contributed by atoms with Crippen molar-refractivity contribution in [3.63, 3.8) is 0 Å². The first kappa shape index (κ1) is 24.8. The molecule has 29 heavy (non-hydrogen) atoms. The van der Waals surface area contributed by atoms with Crippen LogP contribution in [0.15, 0.2) is 17.4 Å². The van der Waals surface area contributed by atoms with E-state index in [1.165, 1.54) is 0 Å². The molecule has 0 spiro atoms. The van der Waals surface area contributed by atoms with E-state index in [1.54, 1.807) is 7.05 Å². The molecule has 1 aromatic heterocycles. The Morgan fingerprint density at radius 3 is 2.41 bits per heavy atom. The van der Waals surface area contributed by atoms with E-state index in [9.17, 15) is 4.79 Å². The zero-order valence-electron chi connectivity index (χ0n) is 19.4. The van der Waals surface area contributed by atoms with Crippen LogP contribution in [-0.2, 0) is 17.8 Å². The number of alkyl carbamates (subject to hydrolysis) is 1. The van der Waals surface area contributed by atoms with Crippen LogP contribution in [0.25, 0.3) is 0 Å². The maximum Gasteiger partial charge on any atom is 0.408 e. The van der Waals surface area contributed by atoms with Gasteiger partial charge in [-0.1, -0.05) is 27.7 Å². The number of aromatic nitrogens is 2. The van der Waals surface area contributed by atoms with Crippen LogP contribution in [0.2, 0.25) is 0 Å². The lowest BCUT2D eigenvalue weighted by atomic mass is 9.93. The molecule has 1 heterocycles. The highest BCUT2D eigenvalue weighted by molar-refractivity contribution is 5.79. The Balaban J connectivity index is 2.68. The number of hydrogen-bond acceptors (Lipinski definition) is 4. The molecule has 0 atom stereocenters. The van der Waals surface area contributed by atoms with Gasteiger partial charge in [-0.3, -0.25) is 4.99 Å². The fourth-order valence-corrected chi connectivity index (χ4v) is 2.94. The second kappa shape index (κ2) is 11.1. The first-order valence-electron chi connectivity index (χ1n) is 10.5. The number of nitrogens with zero attached hydrogens (tertiary/aromatic N) is 3. The lowest BCUT2D eigenvalue weighted by Crippen LogP contribution is -2.57. The second-order valence-corrected chi connectivity index (χ2v) is 8.78. The van der Waals surface area contributed by atoms with Crippen molar-refractivity contribution in [1.29, 1.82) is 0 Å². The molecular formula is C21H40N6O2. The van der Waals surface area contributed by atoms with Crippen LogP contribution in [0.4, 0.5) is 4.79 Å². The molecule has 8 heteroatoms. The second-order valence-electron chi connectivity index (χ2n) is 8.78. The molecule has 0 unspecified atom stereocenters. The maximum atomic E-state index is 12.3. The van der Waals surface area contributed by atoms with Crippen LogP contribution >= 0.6 is 0 Å². The molecule has 8 nitrogen and oxygen atoms in total. The fourth-order valence-electron chi connectivity index (χ4n) is 2.94. The van der Waals surface area contributed by atoms with Crippen molar-refractivity contribution >= 4 is 12.1 Å². The summed E-state index contributed by atoms with van der Waals surface area (Å²) >= 11 is 0. The summed E-state index contributed by atoms with van der Waals surface area (Å²) in [5.41, 5.74) is -0.948. The van der Waals surface area contributed by atoms with Gasteiger partial charge in [-0.2, -0.15) is 0 Å². The van der Waals surface area contributed by atoms with E-state index < -0.39 is 17.2 Å².